The van der Waals surface area contributed by atoms with Crippen molar-refractivity contribution in [1.82, 2.24) is 16.0 Å². The highest BCUT2D eigenvalue weighted by atomic mass is 16.2. The second-order valence-electron chi connectivity index (χ2n) is 6.11. The molecule has 2 heterocycles. The van der Waals surface area contributed by atoms with Crippen LogP contribution in [0.2, 0.25) is 0 Å². The maximum absolute atomic E-state index is 12.3. The van der Waals surface area contributed by atoms with Crippen LogP contribution in [0.1, 0.15) is 18.9 Å². The van der Waals surface area contributed by atoms with Gasteiger partial charge in [-0.1, -0.05) is 12.1 Å². The van der Waals surface area contributed by atoms with Crippen LogP contribution in [0.25, 0.3) is 0 Å². The smallest absolute Gasteiger partial charge is 0.327 e. The van der Waals surface area contributed by atoms with Crippen molar-refractivity contribution in [2.45, 2.75) is 26.1 Å². The summed E-state index contributed by atoms with van der Waals surface area (Å²) in [6.45, 7) is 4.40. The van der Waals surface area contributed by atoms with Gasteiger partial charge in [-0.3, -0.25) is 9.89 Å². The Morgan fingerprint density at radius 2 is 2.12 bits per heavy atom. The van der Waals surface area contributed by atoms with E-state index in [9.17, 15) is 4.79 Å². The maximum atomic E-state index is 12.3. The van der Waals surface area contributed by atoms with E-state index in [0.717, 1.165) is 43.0 Å². The molecule has 1 atom stereocenters. The van der Waals surface area contributed by atoms with E-state index in [0.29, 0.717) is 0 Å². The van der Waals surface area contributed by atoms with Gasteiger partial charge < -0.3 is 21.7 Å². The van der Waals surface area contributed by atoms with Crippen LogP contribution in [0, 0.1) is 0 Å². The third-order valence-corrected chi connectivity index (χ3v) is 4.14. The summed E-state index contributed by atoms with van der Waals surface area (Å²) in [4.78, 5) is 17.9. The highest BCUT2D eigenvalue weighted by Gasteiger charge is 2.29. The molecule has 2 aliphatic rings. The standard InChI is InChI=1S/C18H24N6O/c1-13-9-15-11-24(18(25)23-17(15)22-13)16-5-3-14(4-6-16)10-20-7-2-8-21-12-19/h3-6,9,11-12,17,20,22H,2,7-8,10H2,1H3,(H2,19,21)(H,23,25). The number of benzene rings is 1. The molecule has 0 saturated carbocycles. The fourth-order valence-corrected chi connectivity index (χ4v) is 2.89. The van der Waals surface area contributed by atoms with Crippen molar-refractivity contribution in [2.75, 3.05) is 18.0 Å². The number of allylic oxidation sites excluding steroid dienone is 1. The molecule has 0 spiro atoms. The SMILES string of the molecule is CC1=CC2=CN(c3ccc(CNCCCN=CN)cc3)C(=O)NC2N1. The summed E-state index contributed by atoms with van der Waals surface area (Å²) in [6, 6.07) is 7.87. The predicted molar refractivity (Wildman–Crippen MR) is 100 cm³/mol. The molecular weight excluding hydrogens is 316 g/mol. The Kier molecular flexibility index (Phi) is 5.35. The average Bonchev–Trinajstić information content (AvgIpc) is 2.97. The minimum atomic E-state index is -0.129. The molecule has 0 bridgehead atoms. The lowest BCUT2D eigenvalue weighted by Gasteiger charge is -2.29. The number of fused-ring (bicyclic) bond motifs is 1. The first-order valence-corrected chi connectivity index (χ1v) is 8.43. The van der Waals surface area contributed by atoms with E-state index >= 15 is 0 Å². The van der Waals surface area contributed by atoms with Crippen LogP contribution in [-0.4, -0.2) is 31.6 Å². The first kappa shape index (κ1) is 17.0. The van der Waals surface area contributed by atoms with E-state index in [2.05, 4.69) is 20.9 Å². The van der Waals surface area contributed by atoms with Crippen LogP contribution in [0.4, 0.5) is 10.5 Å². The molecule has 7 nitrogen and oxygen atoms in total. The van der Waals surface area contributed by atoms with Crippen molar-refractivity contribution in [3.05, 3.63) is 53.4 Å². The average molecular weight is 340 g/mol. The summed E-state index contributed by atoms with van der Waals surface area (Å²) in [5.74, 6) is 0. The van der Waals surface area contributed by atoms with Crippen LogP contribution in [0.3, 0.4) is 0 Å². The molecule has 7 heteroatoms. The number of carbonyl (C=O) groups excluding carboxylic acids is 1. The molecule has 0 fully saturated rings. The maximum Gasteiger partial charge on any atom is 0.327 e. The molecule has 0 aromatic heterocycles. The van der Waals surface area contributed by atoms with E-state index in [4.69, 9.17) is 5.73 Å². The van der Waals surface area contributed by atoms with Crippen LogP contribution in [-0.2, 0) is 6.54 Å². The van der Waals surface area contributed by atoms with Gasteiger partial charge in [-0.2, -0.15) is 0 Å². The van der Waals surface area contributed by atoms with E-state index in [1.807, 2.05) is 43.5 Å². The minimum Gasteiger partial charge on any atom is -0.390 e. The molecule has 132 valence electrons. The van der Waals surface area contributed by atoms with Gasteiger partial charge in [0, 0.05) is 30.6 Å². The normalized spacial score (nSPS) is 19.3. The number of hydrogen-bond donors (Lipinski definition) is 4. The first-order valence-electron chi connectivity index (χ1n) is 8.43. The van der Waals surface area contributed by atoms with Gasteiger partial charge in [0.15, 0.2) is 0 Å². The van der Waals surface area contributed by atoms with Crippen molar-refractivity contribution < 1.29 is 4.79 Å². The fraction of sp³-hybridized carbons (Fsp3) is 0.333. The molecule has 0 saturated heterocycles. The Morgan fingerprint density at radius 1 is 1.32 bits per heavy atom. The molecule has 3 rings (SSSR count). The van der Waals surface area contributed by atoms with Crippen LogP contribution in [0.5, 0.6) is 0 Å². The molecule has 0 radical (unpaired) electrons. The lowest BCUT2D eigenvalue weighted by molar-refractivity contribution is 0.244. The number of nitrogens with zero attached hydrogens (tertiary/aromatic N) is 2. The van der Waals surface area contributed by atoms with E-state index < -0.39 is 0 Å². The van der Waals surface area contributed by atoms with Gasteiger partial charge in [-0.25, -0.2) is 4.79 Å². The number of aliphatic imine (C=N–C) groups is 1. The lowest BCUT2D eigenvalue weighted by Crippen LogP contribution is -2.51. The molecule has 2 amide bonds. The largest absolute Gasteiger partial charge is 0.390 e. The van der Waals surface area contributed by atoms with E-state index in [1.54, 1.807) is 4.90 Å². The minimum absolute atomic E-state index is 0.115. The van der Waals surface area contributed by atoms with E-state index in [1.165, 1.54) is 11.9 Å². The van der Waals surface area contributed by atoms with Crippen molar-refractivity contribution in [2.24, 2.45) is 10.7 Å². The Morgan fingerprint density at radius 3 is 2.88 bits per heavy atom. The highest BCUT2D eigenvalue weighted by molar-refractivity contribution is 5.96. The number of amides is 2. The molecule has 1 aromatic carbocycles. The summed E-state index contributed by atoms with van der Waals surface area (Å²) < 4.78 is 0. The molecule has 5 N–H and O–H groups in total. The Bertz CT molecular complexity index is 707. The third kappa shape index (κ3) is 4.19. The molecule has 25 heavy (non-hydrogen) atoms. The molecule has 1 unspecified atom stereocenters. The summed E-state index contributed by atoms with van der Waals surface area (Å²) in [5.41, 5.74) is 9.33. The van der Waals surface area contributed by atoms with Crippen LogP contribution in [0.15, 0.2) is 52.8 Å². The van der Waals surface area contributed by atoms with Crippen molar-refractivity contribution in [3.8, 4) is 0 Å². The van der Waals surface area contributed by atoms with Gasteiger partial charge in [0.2, 0.25) is 0 Å². The molecular formula is C18H24N6O. The second-order valence-corrected chi connectivity index (χ2v) is 6.11. The summed E-state index contributed by atoms with van der Waals surface area (Å²) in [5, 5.41) is 9.54. The van der Waals surface area contributed by atoms with Crippen molar-refractivity contribution >= 4 is 18.1 Å². The summed E-state index contributed by atoms with van der Waals surface area (Å²) >= 11 is 0. The number of nitrogens with two attached hydrogens (primary N) is 1. The van der Waals surface area contributed by atoms with E-state index in [-0.39, 0.29) is 12.2 Å². The number of urea groups is 1. The van der Waals surface area contributed by atoms with Crippen LogP contribution >= 0.6 is 0 Å². The summed E-state index contributed by atoms with van der Waals surface area (Å²) in [6.07, 6.45) is 6.11. The van der Waals surface area contributed by atoms with Gasteiger partial charge in [0.05, 0.1) is 12.0 Å². The quantitative estimate of drug-likeness (QED) is 0.343. The topological polar surface area (TPSA) is 94.8 Å². The number of hydrogen-bond acceptors (Lipinski definition) is 4. The van der Waals surface area contributed by atoms with Crippen LogP contribution < -0.4 is 26.6 Å². The Hall–Kier alpha value is -2.80. The van der Waals surface area contributed by atoms with Gasteiger partial charge >= 0.3 is 6.03 Å². The Balaban J connectivity index is 1.57. The van der Waals surface area contributed by atoms with Gasteiger partial charge in [-0.15, -0.1) is 0 Å². The zero-order valence-electron chi connectivity index (χ0n) is 14.3. The van der Waals surface area contributed by atoms with Crippen molar-refractivity contribution in [3.63, 3.8) is 0 Å². The summed E-state index contributed by atoms with van der Waals surface area (Å²) in [7, 11) is 0. The molecule has 1 aromatic rings. The lowest BCUT2D eigenvalue weighted by atomic mass is 10.1. The number of anilines is 1. The second kappa shape index (κ2) is 7.85. The zero-order chi connectivity index (χ0) is 17.6. The molecule has 0 aliphatic carbocycles. The monoisotopic (exact) mass is 340 g/mol. The Labute approximate surface area is 147 Å². The number of rotatable bonds is 7. The highest BCUT2D eigenvalue weighted by Crippen LogP contribution is 2.24. The van der Waals surface area contributed by atoms with Gasteiger partial charge in [0.25, 0.3) is 0 Å². The third-order valence-electron chi connectivity index (χ3n) is 4.14. The fourth-order valence-electron chi connectivity index (χ4n) is 2.89. The first-order chi connectivity index (χ1) is 12.2. The van der Waals surface area contributed by atoms with Gasteiger partial charge in [-0.05, 0) is 43.7 Å². The van der Waals surface area contributed by atoms with Gasteiger partial charge in [0.1, 0.15) is 6.17 Å². The number of carbonyl (C=O) groups is 1. The zero-order valence-corrected chi connectivity index (χ0v) is 14.3. The number of nitrogens with one attached hydrogen (secondary N) is 3. The molecule has 2 aliphatic heterocycles. The van der Waals surface area contributed by atoms with Crippen molar-refractivity contribution in [1.29, 1.82) is 0 Å². The predicted octanol–water partition coefficient (Wildman–Crippen LogP) is 1.40.